The Morgan fingerprint density at radius 2 is 2.00 bits per heavy atom. The summed E-state index contributed by atoms with van der Waals surface area (Å²) in [6, 6.07) is 8.58. The third-order valence-electron chi connectivity index (χ3n) is 3.05. The molecule has 1 fully saturated rings. The lowest BCUT2D eigenvalue weighted by Gasteiger charge is -2.30. The van der Waals surface area contributed by atoms with E-state index in [4.69, 9.17) is 5.73 Å². The molecular weight excluding hydrogens is 232 g/mol. The topological polar surface area (TPSA) is 46.3 Å². The molecule has 0 aliphatic carbocycles. The predicted molar refractivity (Wildman–Crippen MR) is 73.9 cm³/mol. The number of anilines is 1. The second kappa shape index (κ2) is 5.65. The zero-order valence-electron chi connectivity index (χ0n) is 10.3. The number of hydrogen-bond donors (Lipinski definition) is 1. The van der Waals surface area contributed by atoms with Gasteiger partial charge in [-0.1, -0.05) is 18.2 Å². The smallest absolute Gasteiger partial charge is 0.0411 e. The van der Waals surface area contributed by atoms with Crippen molar-refractivity contribution in [2.45, 2.75) is 19.4 Å². The van der Waals surface area contributed by atoms with Crippen LogP contribution in [0, 0.1) is 0 Å². The largest absolute Gasteiger partial charge is 0.369 e. The van der Waals surface area contributed by atoms with Gasteiger partial charge < -0.3 is 10.6 Å². The molecule has 1 aromatic carbocycles. The lowest BCUT2D eigenvalue weighted by Crippen LogP contribution is -2.38. The van der Waals surface area contributed by atoms with Crippen LogP contribution in [0.15, 0.2) is 24.3 Å². The summed E-state index contributed by atoms with van der Waals surface area (Å²) in [5.74, 6) is 1.57. The van der Waals surface area contributed by atoms with Gasteiger partial charge in [0.25, 0.3) is 0 Å². The highest BCUT2D eigenvalue weighted by molar-refractivity contribution is 7.85. The monoisotopic (exact) mass is 252 g/mol. The first-order valence-electron chi connectivity index (χ1n) is 6.10. The molecule has 4 heteroatoms. The molecule has 0 amide bonds. The Balaban J connectivity index is 2.16. The Hall–Kier alpha value is -0.870. The molecule has 0 saturated carbocycles. The highest BCUT2D eigenvalue weighted by Gasteiger charge is 2.17. The van der Waals surface area contributed by atoms with Crippen LogP contribution < -0.4 is 10.6 Å². The molecule has 1 unspecified atom stereocenters. The van der Waals surface area contributed by atoms with Crippen LogP contribution in [0.5, 0.6) is 0 Å². The van der Waals surface area contributed by atoms with Crippen LogP contribution in [0.4, 0.5) is 5.69 Å². The average Bonchev–Trinajstić information content (AvgIpc) is 2.30. The molecule has 1 atom stereocenters. The van der Waals surface area contributed by atoms with Crippen molar-refractivity contribution in [3.05, 3.63) is 29.8 Å². The zero-order valence-corrected chi connectivity index (χ0v) is 11.1. The maximum atomic E-state index is 11.4. The Kier molecular flexibility index (Phi) is 4.18. The quantitative estimate of drug-likeness (QED) is 0.877. The molecule has 0 bridgehead atoms. The van der Waals surface area contributed by atoms with E-state index in [1.54, 1.807) is 0 Å². The van der Waals surface area contributed by atoms with Gasteiger partial charge in [-0.3, -0.25) is 4.21 Å². The SMILES string of the molecule is CC(N)Cc1ccccc1N1CCS(=O)CC1. The molecule has 1 aliphatic rings. The van der Waals surface area contributed by atoms with Gasteiger partial charge in [0.05, 0.1) is 0 Å². The number of nitrogens with zero attached hydrogens (tertiary/aromatic N) is 1. The van der Waals surface area contributed by atoms with E-state index in [-0.39, 0.29) is 6.04 Å². The lowest BCUT2D eigenvalue weighted by molar-refractivity contribution is 0.672. The van der Waals surface area contributed by atoms with Crippen molar-refractivity contribution in [2.24, 2.45) is 5.73 Å². The van der Waals surface area contributed by atoms with Crippen LogP contribution in [-0.4, -0.2) is 34.8 Å². The molecule has 0 aromatic heterocycles. The third-order valence-corrected chi connectivity index (χ3v) is 4.33. The molecule has 2 rings (SSSR count). The van der Waals surface area contributed by atoms with Crippen molar-refractivity contribution in [1.82, 2.24) is 0 Å². The van der Waals surface area contributed by atoms with Crippen LogP contribution in [-0.2, 0) is 17.2 Å². The number of hydrogen-bond acceptors (Lipinski definition) is 3. The van der Waals surface area contributed by atoms with E-state index in [9.17, 15) is 4.21 Å². The normalized spacial score (nSPS) is 19.3. The lowest BCUT2D eigenvalue weighted by atomic mass is 10.0. The summed E-state index contributed by atoms with van der Waals surface area (Å²) in [6.07, 6.45) is 0.899. The summed E-state index contributed by atoms with van der Waals surface area (Å²) >= 11 is 0. The summed E-state index contributed by atoms with van der Waals surface area (Å²) in [6.45, 7) is 3.81. The summed E-state index contributed by atoms with van der Waals surface area (Å²) in [4.78, 5) is 2.33. The number of para-hydroxylation sites is 1. The van der Waals surface area contributed by atoms with Gasteiger partial charge in [0, 0.05) is 47.1 Å². The van der Waals surface area contributed by atoms with Crippen molar-refractivity contribution in [3.63, 3.8) is 0 Å². The van der Waals surface area contributed by atoms with Gasteiger partial charge in [-0.25, -0.2) is 0 Å². The second-order valence-corrected chi connectivity index (χ2v) is 6.34. The van der Waals surface area contributed by atoms with Gasteiger partial charge in [-0.2, -0.15) is 0 Å². The second-order valence-electron chi connectivity index (χ2n) is 4.65. The zero-order chi connectivity index (χ0) is 12.3. The minimum atomic E-state index is -0.618. The van der Waals surface area contributed by atoms with Gasteiger partial charge in [-0.05, 0) is 25.0 Å². The molecule has 1 saturated heterocycles. The molecule has 1 aliphatic heterocycles. The predicted octanol–water partition coefficient (Wildman–Crippen LogP) is 1.15. The van der Waals surface area contributed by atoms with Crippen molar-refractivity contribution in [1.29, 1.82) is 0 Å². The molecule has 0 spiro atoms. The van der Waals surface area contributed by atoms with E-state index in [2.05, 4.69) is 29.2 Å². The average molecular weight is 252 g/mol. The Morgan fingerprint density at radius 1 is 1.35 bits per heavy atom. The summed E-state index contributed by atoms with van der Waals surface area (Å²) < 4.78 is 11.4. The Bertz CT molecular complexity index is 396. The standard InChI is InChI=1S/C13H20N2OS/c1-11(14)10-12-4-2-3-5-13(12)15-6-8-17(16)9-7-15/h2-5,11H,6-10,14H2,1H3. The van der Waals surface area contributed by atoms with E-state index in [1.807, 2.05) is 6.92 Å². The van der Waals surface area contributed by atoms with Crippen molar-refractivity contribution < 1.29 is 4.21 Å². The number of nitrogens with two attached hydrogens (primary N) is 1. The summed E-state index contributed by atoms with van der Waals surface area (Å²) in [5.41, 5.74) is 8.44. The van der Waals surface area contributed by atoms with E-state index in [1.165, 1.54) is 11.3 Å². The van der Waals surface area contributed by atoms with E-state index >= 15 is 0 Å². The van der Waals surface area contributed by atoms with Gasteiger partial charge in [0.2, 0.25) is 0 Å². The molecular formula is C13H20N2OS. The maximum Gasteiger partial charge on any atom is 0.0411 e. The molecule has 2 N–H and O–H groups in total. The number of rotatable bonds is 3. The van der Waals surface area contributed by atoms with Crippen molar-refractivity contribution in [3.8, 4) is 0 Å². The maximum absolute atomic E-state index is 11.4. The van der Waals surface area contributed by atoms with E-state index in [0.29, 0.717) is 0 Å². The third kappa shape index (κ3) is 3.30. The van der Waals surface area contributed by atoms with Gasteiger partial charge in [0.15, 0.2) is 0 Å². The number of benzene rings is 1. The molecule has 17 heavy (non-hydrogen) atoms. The van der Waals surface area contributed by atoms with Crippen molar-refractivity contribution in [2.75, 3.05) is 29.5 Å². The highest BCUT2D eigenvalue weighted by atomic mass is 32.2. The van der Waals surface area contributed by atoms with Crippen LogP contribution >= 0.6 is 0 Å². The first kappa shape index (κ1) is 12.6. The summed E-state index contributed by atoms with van der Waals surface area (Å²) in [5, 5.41) is 0. The first-order valence-corrected chi connectivity index (χ1v) is 7.59. The van der Waals surface area contributed by atoms with Crippen LogP contribution in [0.1, 0.15) is 12.5 Å². The van der Waals surface area contributed by atoms with E-state index < -0.39 is 10.8 Å². The summed E-state index contributed by atoms with van der Waals surface area (Å²) in [7, 11) is -0.618. The molecule has 94 valence electrons. The fourth-order valence-electron chi connectivity index (χ4n) is 2.22. The molecule has 0 radical (unpaired) electrons. The Morgan fingerprint density at radius 3 is 2.65 bits per heavy atom. The van der Waals surface area contributed by atoms with Gasteiger partial charge in [0.1, 0.15) is 0 Å². The minimum absolute atomic E-state index is 0.176. The minimum Gasteiger partial charge on any atom is -0.369 e. The van der Waals surface area contributed by atoms with Crippen LogP contribution in [0.2, 0.25) is 0 Å². The van der Waals surface area contributed by atoms with Gasteiger partial charge in [-0.15, -0.1) is 0 Å². The molecule has 1 aromatic rings. The Labute approximate surface area is 105 Å². The fraction of sp³-hybridized carbons (Fsp3) is 0.538. The van der Waals surface area contributed by atoms with Crippen molar-refractivity contribution >= 4 is 16.5 Å². The first-order chi connectivity index (χ1) is 8.16. The highest BCUT2D eigenvalue weighted by Crippen LogP contribution is 2.22. The van der Waals surface area contributed by atoms with Crippen LogP contribution in [0.3, 0.4) is 0 Å². The fourth-order valence-corrected chi connectivity index (χ4v) is 3.27. The molecule has 3 nitrogen and oxygen atoms in total. The van der Waals surface area contributed by atoms with Crippen LogP contribution in [0.25, 0.3) is 0 Å². The van der Waals surface area contributed by atoms with Gasteiger partial charge >= 0.3 is 0 Å². The van der Waals surface area contributed by atoms with E-state index in [0.717, 1.165) is 31.0 Å². The molecule has 1 heterocycles.